The van der Waals surface area contributed by atoms with Crippen molar-refractivity contribution in [2.75, 3.05) is 0 Å². The minimum absolute atomic E-state index is 0.122. The third-order valence-electron chi connectivity index (χ3n) is 4.40. The highest BCUT2D eigenvalue weighted by Crippen LogP contribution is 2.26. The van der Waals surface area contributed by atoms with E-state index in [2.05, 4.69) is 48.5 Å². The van der Waals surface area contributed by atoms with Crippen LogP contribution in [0.3, 0.4) is 0 Å². The number of carbonyl (C=O) groups excluding carboxylic acids is 2. The number of aromatic amines is 1. The fourth-order valence-electron chi connectivity index (χ4n) is 2.95. The molecule has 0 aliphatic rings. The molecule has 0 bridgehead atoms. The molecule has 1 unspecified atom stereocenters. The van der Waals surface area contributed by atoms with E-state index in [4.69, 9.17) is 0 Å². The summed E-state index contributed by atoms with van der Waals surface area (Å²) < 4.78 is 0. The van der Waals surface area contributed by atoms with Crippen molar-refractivity contribution >= 4 is 22.7 Å². The van der Waals surface area contributed by atoms with Crippen molar-refractivity contribution in [3.8, 4) is 0 Å². The van der Waals surface area contributed by atoms with Crippen LogP contribution >= 0.6 is 0 Å². The van der Waals surface area contributed by atoms with Gasteiger partial charge in [-0.1, -0.05) is 25.5 Å². The average Bonchev–Trinajstić information content (AvgIpc) is 2.88. The van der Waals surface area contributed by atoms with Gasteiger partial charge in [-0.15, -0.1) is 0 Å². The smallest absolute Gasteiger partial charge is 0.242 e. The van der Waals surface area contributed by atoms with E-state index >= 15 is 0 Å². The predicted molar refractivity (Wildman–Crippen MR) is 96.9 cm³/mol. The molecule has 0 saturated heterocycles. The summed E-state index contributed by atoms with van der Waals surface area (Å²) >= 11 is 0. The monoisotopic (exact) mass is 329 g/mol. The van der Waals surface area contributed by atoms with E-state index in [1.165, 1.54) is 22.2 Å². The Morgan fingerprint density at radius 1 is 1.21 bits per heavy atom. The molecule has 0 radical (unpaired) electrons. The topological polar surface area (TPSA) is 74.0 Å². The minimum atomic E-state index is -0.533. The van der Waals surface area contributed by atoms with Gasteiger partial charge in [0.15, 0.2) is 0 Å². The van der Waals surface area contributed by atoms with Crippen molar-refractivity contribution < 1.29 is 9.59 Å². The minimum Gasteiger partial charge on any atom is -0.358 e. The van der Waals surface area contributed by atoms with Crippen molar-refractivity contribution in [1.82, 2.24) is 15.6 Å². The number of rotatable bonds is 6. The van der Waals surface area contributed by atoms with E-state index in [1.807, 2.05) is 0 Å². The zero-order valence-electron chi connectivity index (χ0n) is 15.2. The van der Waals surface area contributed by atoms with Gasteiger partial charge in [0.25, 0.3) is 0 Å². The molecule has 0 fully saturated rings. The zero-order chi connectivity index (χ0) is 17.9. The molecule has 5 heteroatoms. The van der Waals surface area contributed by atoms with Crippen LogP contribution in [0, 0.1) is 13.8 Å². The van der Waals surface area contributed by atoms with Crippen LogP contribution in [0.1, 0.15) is 49.6 Å². The number of carbonyl (C=O) groups is 2. The third kappa shape index (κ3) is 3.78. The Bertz CT molecular complexity index is 762. The summed E-state index contributed by atoms with van der Waals surface area (Å²) in [5.74, 6) is -0.298. The second kappa shape index (κ2) is 7.51. The predicted octanol–water partition coefficient (Wildman–Crippen LogP) is 2.88. The van der Waals surface area contributed by atoms with E-state index in [1.54, 1.807) is 13.8 Å². The molecule has 0 aliphatic carbocycles. The summed E-state index contributed by atoms with van der Waals surface area (Å²) in [5.41, 5.74) is 5.82. The first-order valence-corrected chi connectivity index (χ1v) is 8.55. The highest BCUT2D eigenvalue weighted by Gasteiger charge is 2.16. The molecule has 130 valence electrons. The van der Waals surface area contributed by atoms with Crippen LogP contribution in [-0.2, 0) is 22.6 Å². The maximum absolute atomic E-state index is 12.2. The van der Waals surface area contributed by atoms with Gasteiger partial charge in [0.2, 0.25) is 11.8 Å². The summed E-state index contributed by atoms with van der Waals surface area (Å²) in [6.45, 7) is 10.2. The quantitative estimate of drug-likeness (QED) is 0.762. The molecule has 3 N–H and O–H groups in total. The number of nitrogens with one attached hydrogen (secondary N) is 3. The largest absolute Gasteiger partial charge is 0.358 e. The van der Waals surface area contributed by atoms with E-state index in [9.17, 15) is 9.59 Å². The normalized spacial score (nSPS) is 12.2. The van der Waals surface area contributed by atoms with Crippen LogP contribution in [-0.4, -0.2) is 22.8 Å². The van der Waals surface area contributed by atoms with Crippen LogP contribution in [0.25, 0.3) is 10.9 Å². The van der Waals surface area contributed by atoms with E-state index in [0.29, 0.717) is 13.0 Å². The molecule has 1 heterocycles. The maximum Gasteiger partial charge on any atom is 0.242 e. The fourth-order valence-corrected chi connectivity index (χ4v) is 2.95. The average molecular weight is 329 g/mol. The van der Waals surface area contributed by atoms with Gasteiger partial charge in [-0.3, -0.25) is 9.59 Å². The number of fused-ring (bicyclic) bond motifs is 1. The lowest BCUT2D eigenvalue weighted by molar-refractivity contribution is -0.128. The van der Waals surface area contributed by atoms with E-state index in [-0.39, 0.29) is 11.8 Å². The Balaban J connectivity index is 2.18. The molecule has 2 amide bonds. The molecule has 2 rings (SSSR count). The first-order chi connectivity index (χ1) is 11.4. The first kappa shape index (κ1) is 18.0. The maximum atomic E-state index is 12.2. The highest BCUT2D eigenvalue weighted by molar-refractivity contribution is 5.89. The fraction of sp³-hybridized carbons (Fsp3) is 0.474. The molecule has 1 aromatic heterocycles. The summed E-state index contributed by atoms with van der Waals surface area (Å²) in [4.78, 5) is 27.1. The van der Waals surface area contributed by atoms with E-state index in [0.717, 1.165) is 17.5 Å². The molecule has 24 heavy (non-hydrogen) atoms. The molecule has 1 aromatic carbocycles. The molecular weight excluding hydrogens is 302 g/mol. The number of aromatic nitrogens is 1. The summed E-state index contributed by atoms with van der Waals surface area (Å²) in [7, 11) is 0. The summed E-state index contributed by atoms with van der Waals surface area (Å²) in [6, 6.07) is 3.73. The summed E-state index contributed by atoms with van der Waals surface area (Å²) in [5, 5.41) is 6.81. The number of benzene rings is 1. The van der Waals surface area contributed by atoms with Gasteiger partial charge in [-0.2, -0.15) is 0 Å². The van der Waals surface area contributed by atoms with Crippen LogP contribution < -0.4 is 10.6 Å². The number of aryl methyl sites for hydroxylation is 3. The second-order valence-electron chi connectivity index (χ2n) is 6.29. The zero-order valence-corrected chi connectivity index (χ0v) is 15.2. The Hall–Kier alpha value is -2.30. The molecule has 1 atom stereocenters. The van der Waals surface area contributed by atoms with Gasteiger partial charge in [0.1, 0.15) is 6.04 Å². The standard InChI is InChI=1S/C19H27N3O2/c1-6-16-12(4)15-9-11(3)8-14(18(15)22-16)10-20-19(24)13(5)21-17(23)7-2/h8-9,13,22H,6-7,10H2,1-5H3,(H,20,24)(H,21,23). The Morgan fingerprint density at radius 3 is 2.54 bits per heavy atom. The molecular formula is C19H27N3O2. The van der Waals surface area contributed by atoms with Gasteiger partial charge < -0.3 is 15.6 Å². The highest BCUT2D eigenvalue weighted by atomic mass is 16.2. The SMILES string of the molecule is CCC(=O)NC(C)C(=O)NCc1cc(C)cc2c(C)c(CC)[nH]c12. The lowest BCUT2D eigenvalue weighted by Gasteiger charge is -2.14. The lowest BCUT2D eigenvalue weighted by atomic mass is 10.0. The van der Waals surface area contributed by atoms with Gasteiger partial charge in [0.05, 0.1) is 5.52 Å². The van der Waals surface area contributed by atoms with Crippen molar-refractivity contribution in [3.05, 3.63) is 34.5 Å². The van der Waals surface area contributed by atoms with Crippen LogP contribution in [0.15, 0.2) is 12.1 Å². The second-order valence-corrected chi connectivity index (χ2v) is 6.29. The van der Waals surface area contributed by atoms with Crippen molar-refractivity contribution in [2.45, 2.75) is 60.0 Å². The number of hydrogen-bond acceptors (Lipinski definition) is 2. The van der Waals surface area contributed by atoms with Gasteiger partial charge in [0, 0.05) is 24.0 Å². The molecule has 0 aliphatic heterocycles. The van der Waals surface area contributed by atoms with Crippen LogP contribution in [0.5, 0.6) is 0 Å². The molecule has 2 aromatic rings. The van der Waals surface area contributed by atoms with Crippen LogP contribution in [0.2, 0.25) is 0 Å². The molecule has 0 saturated carbocycles. The Morgan fingerprint density at radius 2 is 1.92 bits per heavy atom. The van der Waals surface area contributed by atoms with Crippen LogP contribution in [0.4, 0.5) is 0 Å². The lowest BCUT2D eigenvalue weighted by Crippen LogP contribution is -2.44. The first-order valence-electron chi connectivity index (χ1n) is 8.55. The number of H-pyrrole nitrogens is 1. The third-order valence-corrected chi connectivity index (χ3v) is 4.40. The van der Waals surface area contributed by atoms with Gasteiger partial charge in [-0.25, -0.2) is 0 Å². The number of amides is 2. The summed E-state index contributed by atoms with van der Waals surface area (Å²) in [6.07, 6.45) is 1.32. The van der Waals surface area contributed by atoms with Crippen molar-refractivity contribution in [1.29, 1.82) is 0 Å². The van der Waals surface area contributed by atoms with Gasteiger partial charge in [-0.05, 0) is 44.4 Å². The Kier molecular flexibility index (Phi) is 5.65. The van der Waals surface area contributed by atoms with Crippen molar-refractivity contribution in [3.63, 3.8) is 0 Å². The van der Waals surface area contributed by atoms with E-state index < -0.39 is 6.04 Å². The van der Waals surface area contributed by atoms with Gasteiger partial charge >= 0.3 is 0 Å². The molecule has 0 spiro atoms. The van der Waals surface area contributed by atoms with Crippen molar-refractivity contribution in [2.24, 2.45) is 0 Å². The molecule has 5 nitrogen and oxygen atoms in total. The number of hydrogen-bond donors (Lipinski definition) is 3. The Labute approximate surface area is 143 Å².